The molecule has 0 amide bonds. The predicted molar refractivity (Wildman–Crippen MR) is 73.0 cm³/mol. The number of halogens is 1. The van der Waals surface area contributed by atoms with Crippen LogP contribution in [0.3, 0.4) is 0 Å². The Morgan fingerprint density at radius 1 is 1.38 bits per heavy atom. The first kappa shape index (κ1) is 15.7. The van der Waals surface area contributed by atoms with Crippen molar-refractivity contribution >= 4 is 5.69 Å². The second-order valence-electron chi connectivity index (χ2n) is 4.78. The van der Waals surface area contributed by atoms with Gasteiger partial charge in [0.15, 0.2) is 11.6 Å². The van der Waals surface area contributed by atoms with Gasteiger partial charge in [0.25, 0.3) is 5.69 Å². The first-order valence-corrected chi connectivity index (χ1v) is 6.93. The van der Waals surface area contributed by atoms with E-state index >= 15 is 0 Å². The molecule has 1 atom stereocenters. The lowest BCUT2D eigenvalue weighted by atomic mass is 10.1. The second-order valence-corrected chi connectivity index (χ2v) is 4.78. The van der Waals surface area contributed by atoms with Crippen LogP contribution in [0, 0.1) is 15.9 Å². The monoisotopic (exact) mass is 299 g/mol. The molecule has 1 saturated heterocycles. The molecule has 1 fully saturated rings. The van der Waals surface area contributed by atoms with Crippen LogP contribution in [0.2, 0.25) is 0 Å². The quantitative estimate of drug-likeness (QED) is 0.440. The van der Waals surface area contributed by atoms with Crippen molar-refractivity contribution < 1.29 is 23.5 Å². The number of benzene rings is 1. The molecule has 0 N–H and O–H groups in total. The van der Waals surface area contributed by atoms with Crippen LogP contribution < -0.4 is 4.74 Å². The summed E-state index contributed by atoms with van der Waals surface area (Å²) in [6.07, 6.45) is 3.38. The second kappa shape index (κ2) is 7.90. The van der Waals surface area contributed by atoms with Crippen molar-refractivity contribution in [2.45, 2.75) is 25.4 Å². The summed E-state index contributed by atoms with van der Waals surface area (Å²) in [5, 5.41) is 10.5. The van der Waals surface area contributed by atoms with Crippen molar-refractivity contribution in [3.8, 4) is 5.75 Å². The average molecular weight is 299 g/mol. The summed E-state index contributed by atoms with van der Waals surface area (Å²) in [6.45, 7) is 1.78. The zero-order valence-corrected chi connectivity index (χ0v) is 11.6. The van der Waals surface area contributed by atoms with Gasteiger partial charge >= 0.3 is 0 Å². The molecule has 2 rings (SSSR count). The van der Waals surface area contributed by atoms with E-state index in [1.807, 2.05) is 0 Å². The lowest BCUT2D eigenvalue weighted by Gasteiger charge is -2.22. The maximum absolute atomic E-state index is 13.5. The zero-order chi connectivity index (χ0) is 15.1. The molecule has 21 heavy (non-hydrogen) atoms. The summed E-state index contributed by atoms with van der Waals surface area (Å²) in [4.78, 5) is 9.83. The fourth-order valence-corrected chi connectivity index (χ4v) is 2.08. The molecule has 1 heterocycles. The number of nitro benzene ring substituents is 1. The maximum atomic E-state index is 13.5. The third-order valence-electron chi connectivity index (χ3n) is 3.19. The molecule has 7 heteroatoms. The highest BCUT2D eigenvalue weighted by Crippen LogP contribution is 2.22. The minimum Gasteiger partial charge on any atom is -0.488 e. The number of ether oxygens (including phenoxy) is 3. The largest absolute Gasteiger partial charge is 0.488 e. The van der Waals surface area contributed by atoms with Crippen molar-refractivity contribution in [1.29, 1.82) is 0 Å². The van der Waals surface area contributed by atoms with Gasteiger partial charge in [0.05, 0.1) is 30.3 Å². The Kier molecular flexibility index (Phi) is 5.89. The molecule has 116 valence electrons. The first-order valence-electron chi connectivity index (χ1n) is 6.93. The normalized spacial score (nSPS) is 18.4. The van der Waals surface area contributed by atoms with Gasteiger partial charge in [0.2, 0.25) is 0 Å². The highest BCUT2D eigenvalue weighted by molar-refractivity contribution is 5.37. The number of rotatable bonds is 7. The van der Waals surface area contributed by atoms with E-state index in [0.29, 0.717) is 13.2 Å². The molecule has 0 saturated carbocycles. The summed E-state index contributed by atoms with van der Waals surface area (Å²) in [5.74, 6) is -0.766. The van der Waals surface area contributed by atoms with Crippen LogP contribution in [0.1, 0.15) is 19.3 Å². The van der Waals surface area contributed by atoms with Crippen molar-refractivity contribution in [3.63, 3.8) is 0 Å². The molecular weight excluding hydrogens is 281 g/mol. The average Bonchev–Trinajstić information content (AvgIpc) is 2.49. The van der Waals surface area contributed by atoms with Crippen LogP contribution in [0.25, 0.3) is 0 Å². The van der Waals surface area contributed by atoms with Crippen LogP contribution in [0.5, 0.6) is 5.75 Å². The van der Waals surface area contributed by atoms with E-state index in [9.17, 15) is 14.5 Å². The first-order chi connectivity index (χ1) is 10.2. The third-order valence-corrected chi connectivity index (χ3v) is 3.19. The number of nitro groups is 1. The van der Waals surface area contributed by atoms with E-state index in [1.165, 1.54) is 12.1 Å². The Hall–Kier alpha value is -1.73. The Bertz CT molecular complexity index is 476. The van der Waals surface area contributed by atoms with Crippen LogP contribution in [0.15, 0.2) is 18.2 Å². The Morgan fingerprint density at radius 3 is 2.90 bits per heavy atom. The number of non-ortho nitro benzene ring substituents is 1. The lowest BCUT2D eigenvalue weighted by molar-refractivity contribution is -0.385. The Morgan fingerprint density at radius 2 is 2.24 bits per heavy atom. The minimum absolute atomic E-state index is 0.0156. The van der Waals surface area contributed by atoms with E-state index in [4.69, 9.17) is 14.2 Å². The van der Waals surface area contributed by atoms with Gasteiger partial charge in [-0.15, -0.1) is 0 Å². The predicted octanol–water partition coefficient (Wildman–Crippen LogP) is 2.70. The van der Waals surface area contributed by atoms with Crippen LogP contribution in [-0.4, -0.2) is 37.5 Å². The van der Waals surface area contributed by atoms with Crippen molar-refractivity contribution in [2.75, 3.05) is 26.4 Å². The smallest absolute Gasteiger partial charge is 0.272 e. The number of hydrogen-bond donors (Lipinski definition) is 0. The molecule has 1 aromatic rings. The van der Waals surface area contributed by atoms with Crippen LogP contribution >= 0.6 is 0 Å². The molecule has 0 aliphatic carbocycles. The van der Waals surface area contributed by atoms with Crippen LogP contribution in [-0.2, 0) is 9.47 Å². The molecule has 6 nitrogen and oxygen atoms in total. The SMILES string of the molecule is O=[N+]([O-])c1ccc(OCCOC[C@H]2CCCCO2)c(F)c1. The molecule has 0 spiro atoms. The number of nitrogens with zero attached hydrogens (tertiary/aromatic N) is 1. The number of hydrogen-bond acceptors (Lipinski definition) is 5. The van der Waals surface area contributed by atoms with Crippen LogP contribution in [0.4, 0.5) is 10.1 Å². The fraction of sp³-hybridized carbons (Fsp3) is 0.571. The van der Waals surface area contributed by atoms with E-state index in [2.05, 4.69) is 0 Å². The highest BCUT2D eigenvalue weighted by atomic mass is 19.1. The standard InChI is InChI=1S/C14H18FNO5/c15-13-9-11(16(17)18)4-5-14(13)21-8-7-19-10-12-3-1-2-6-20-12/h4-5,9,12H,1-3,6-8,10H2/t12-/m1/s1. The van der Waals surface area contributed by atoms with Gasteiger partial charge in [-0.3, -0.25) is 10.1 Å². The van der Waals surface area contributed by atoms with Gasteiger partial charge in [-0.2, -0.15) is 0 Å². The molecule has 0 bridgehead atoms. The van der Waals surface area contributed by atoms with E-state index < -0.39 is 10.7 Å². The summed E-state index contributed by atoms with van der Waals surface area (Å²) < 4.78 is 29.6. The van der Waals surface area contributed by atoms with Gasteiger partial charge in [-0.25, -0.2) is 4.39 Å². The van der Waals surface area contributed by atoms with Gasteiger partial charge < -0.3 is 14.2 Å². The zero-order valence-electron chi connectivity index (χ0n) is 11.6. The van der Waals surface area contributed by atoms with Gasteiger partial charge in [-0.05, 0) is 25.3 Å². The molecule has 1 aromatic carbocycles. The molecular formula is C14H18FNO5. The summed E-state index contributed by atoms with van der Waals surface area (Å²) in [5.41, 5.74) is -0.300. The van der Waals surface area contributed by atoms with E-state index in [0.717, 1.165) is 31.9 Å². The van der Waals surface area contributed by atoms with Crippen molar-refractivity contribution in [2.24, 2.45) is 0 Å². The van der Waals surface area contributed by atoms with Crippen molar-refractivity contribution in [1.82, 2.24) is 0 Å². The van der Waals surface area contributed by atoms with E-state index in [1.54, 1.807) is 0 Å². The topological polar surface area (TPSA) is 70.8 Å². The molecule has 0 radical (unpaired) electrons. The Balaban J connectivity index is 1.67. The summed E-state index contributed by atoms with van der Waals surface area (Å²) in [7, 11) is 0. The molecule has 0 unspecified atom stereocenters. The maximum Gasteiger partial charge on any atom is 0.272 e. The van der Waals surface area contributed by atoms with Gasteiger partial charge in [0.1, 0.15) is 6.61 Å². The fourth-order valence-electron chi connectivity index (χ4n) is 2.08. The molecule has 1 aliphatic heterocycles. The minimum atomic E-state index is -0.750. The lowest BCUT2D eigenvalue weighted by Crippen LogP contribution is -2.25. The van der Waals surface area contributed by atoms with E-state index in [-0.39, 0.29) is 24.1 Å². The Labute approximate surface area is 122 Å². The van der Waals surface area contributed by atoms with Gasteiger partial charge in [0, 0.05) is 12.7 Å². The third kappa shape index (κ3) is 4.95. The summed E-state index contributed by atoms with van der Waals surface area (Å²) in [6, 6.07) is 3.29. The van der Waals surface area contributed by atoms with Gasteiger partial charge in [-0.1, -0.05) is 0 Å². The van der Waals surface area contributed by atoms with Crippen molar-refractivity contribution in [3.05, 3.63) is 34.1 Å². The highest BCUT2D eigenvalue weighted by Gasteiger charge is 2.14. The summed E-state index contributed by atoms with van der Waals surface area (Å²) >= 11 is 0. The molecule has 1 aliphatic rings. The molecule has 0 aromatic heterocycles.